The van der Waals surface area contributed by atoms with Gasteiger partial charge in [0.15, 0.2) is 17.2 Å². The Morgan fingerprint density at radius 3 is 2.65 bits per heavy atom. The third kappa shape index (κ3) is 5.66. The SMILES string of the molecule is COc1ccc(/C=N/NC(=O)c2nn(C)cc2Br)cc1OCc1ccc([N+](=O)[O-])cc1. The molecule has 31 heavy (non-hydrogen) atoms. The molecule has 160 valence electrons. The Balaban J connectivity index is 1.66. The van der Waals surface area contributed by atoms with Gasteiger partial charge in [0, 0.05) is 25.4 Å². The molecule has 10 nitrogen and oxygen atoms in total. The fraction of sp³-hybridized carbons (Fsp3) is 0.150. The first-order valence-corrected chi connectivity index (χ1v) is 9.73. The van der Waals surface area contributed by atoms with E-state index in [4.69, 9.17) is 9.47 Å². The van der Waals surface area contributed by atoms with Crippen LogP contribution in [0.5, 0.6) is 11.5 Å². The molecule has 2 aromatic carbocycles. The number of non-ortho nitro benzene ring substituents is 1. The van der Waals surface area contributed by atoms with E-state index in [1.54, 1.807) is 43.6 Å². The number of nitrogens with zero attached hydrogens (tertiary/aromatic N) is 4. The van der Waals surface area contributed by atoms with Crippen molar-refractivity contribution in [2.75, 3.05) is 7.11 Å². The van der Waals surface area contributed by atoms with E-state index in [0.29, 0.717) is 21.5 Å². The zero-order valence-electron chi connectivity index (χ0n) is 16.6. The van der Waals surface area contributed by atoms with Gasteiger partial charge in [-0.3, -0.25) is 19.6 Å². The summed E-state index contributed by atoms with van der Waals surface area (Å²) < 4.78 is 13.2. The van der Waals surface area contributed by atoms with Gasteiger partial charge >= 0.3 is 0 Å². The van der Waals surface area contributed by atoms with Crippen molar-refractivity contribution < 1.29 is 19.2 Å². The molecule has 3 aromatic rings. The number of aromatic nitrogens is 2. The summed E-state index contributed by atoms with van der Waals surface area (Å²) in [5.74, 6) is 0.524. The number of amides is 1. The van der Waals surface area contributed by atoms with Crippen LogP contribution in [0, 0.1) is 10.1 Å². The molecule has 1 amide bonds. The van der Waals surface area contributed by atoms with Crippen LogP contribution in [0.3, 0.4) is 0 Å². The zero-order chi connectivity index (χ0) is 22.4. The molecule has 0 unspecified atom stereocenters. The molecule has 1 heterocycles. The number of nitro benzene ring substituents is 1. The number of nitrogens with one attached hydrogen (secondary N) is 1. The number of ether oxygens (including phenoxy) is 2. The number of rotatable bonds is 8. The highest BCUT2D eigenvalue weighted by Gasteiger charge is 2.13. The van der Waals surface area contributed by atoms with Crippen molar-refractivity contribution in [2.45, 2.75) is 6.61 Å². The number of carbonyl (C=O) groups excluding carboxylic acids is 1. The molecule has 0 fully saturated rings. The molecule has 0 bridgehead atoms. The number of halogens is 1. The predicted molar refractivity (Wildman–Crippen MR) is 116 cm³/mol. The van der Waals surface area contributed by atoms with Crippen LogP contribution in [0.25, 0.3) is 0 Å². The lowest BCUT2D eigenvalue weighted by molar-refractivity contribution is -0.384. The molecule has 0 radical (unpaired) electrons. The molecule has 0 aliphatic carbocycles. The largest absolute Gasteiger partial charge is 0.493 e. The lowest BCUT2D eigenvalue weighted by atomic mass is 10.2. The highest BCUT2D eigenvalue weighted by atomic mass is 79.9. The van der Waals surface area contributed by atoms with E-state index in [9.17, 15) is 14.9 Å². The Morgan fingerprint density at radius 2 is 2.03 bits per heavy atom. The molecule has 11 heteroatoms. The first-order valence-electron chi connectivity index (χ1n) is 8.94. The Morgan fingerprint density at radius 1 is 1.29 bits per heavy atom. The maximum Gasteiger partial charge on any atom is 0.293 e. The normalized spacial score (nSPS) is 10.8. The van der Waals surface area contributed by atoms with Gasteiger partial charge in [-0.1, -0.05) is 0 Å². The van der Waals surface area contributed by atoms with E-state index in [1.807, 2.05) is 0 Å². The summed E-state index contributed by atoms with van der Waals surface area (Å²) in [5, 5.41) is 18.8. The van der Waals surface area contributed by atoms with Crippen LogP contribution in [0.2, 0.25) is 0 Å². The first kappa shape index (κ1) is 22.0. The van der Waals surface area contributed by atoms with Crippen LogP contribution < -0.4 is 14.9 Å². The van der Waals surface area contributed by atoms with Gasteiger partial charge in [-0.05, 0) is 57.4 Å². The average molecular weight is 488 g/mol. The number of hydrogen-bond donors (Lipinski definition) is 1. The molecule has 0 spiro atoms. The molecule has 0 saturated heterocycles. The fourth-order valence-electron chi connectivity index (χ4n) is 2.59. The average Bonchev–Trinajstić information content (AvgIpc) is 3.10. The summed E-state index contributed by atoms with van der Waals surface area (Å²) in [6, 6.07) is 11.3. The number of benzene rings is 2. The highest BCUT2D eigenvalue weighted by molar-refractivity contribution is 9.10. The lowest BCUT2D eigenvalue weighted by Gasteiger charge is -2.11. The summed E-state index contributed by atoms with van der Waals surface area (Å²) >= 11 is 3.27. The highest BCUT2D eigenvalue weighted by Crippen LogP contribution is 2.28. The van der Waals surface area contributed by atoms with Gasteiger partial charge < -0.3 is 9.47 Å². The number of hydrazone groups is 1. The van der Waals surface area contributed by atoms with Gasteiger partial charge in [0.2, 0.25) is 0 Å². The van der Waals surface area contributed by atoms with E-state index < -0.39 is 10.8 Å². The van der Waals surface area contributed by atoms with Gasteiger partial charge in [-0.2, -0.15) is 10.2 Å². The van der Waals surface area contributed by atoms with Crippen molar-refractivity contribution in [2.24, 2.45) is 12.1 Å². The van der Waals surface area contributed by atoms with Crippen LogP contribution in [0.4, 0.5) is 5.69 Å². The van der Waals surface area contributed by atoms with Crippen molar-refractivity contribution in [3.8, 4) is 11.5 Å². The van der Waals surface area contributed by atoms with E-state index in [2.05, 4.69) is 31.6 Å². The summed E-state index contributed by atoms with van der Waals surface area (Å²) in [5.41, 5.74) is 4.09. The summed E-state index contributed by atoms with van der Waals surface area (Å²) in [6.07, 6.45) is 3.13. The van der Waals surface area contributed by atoms with Crippen LogP contribution in [0.15, 0.2) is 58.2 Å². The van der Waals surface area contributed by atoms with Gasteiger partial charge in [-0.25, -0.2) is 5.43 Å². The zero-order valence-corrected chi connectivity index (χ0v) is 18.2. The van der Waals surface area contributed by atoms with Crippen molar-refractivity contribution in [1.82, 2.24) is 15.2 Å². The summed E-state index contributed by atoms with van der Waals surface area (Å²) in [4.78, 5) is 22.4. The van der Waals surface area contributed by atoms with Crippen LogP contribution in [-0.2, 0) is 13.7 Å². The van der Waals surface area contributed by atoms with Gasteiger partial charge in [0.25, 0.3) is 11.6 Å². The Labute approximate surface area is 185 Å². The van der Waals surface area contributed by atoms with E-state index in [-0.39, 0.29) is 18.0 Å². The third-order valence-electron chi connectivity index (χ3n) is 4.11. The fourth-order valence-corrected chi connectivity index (χ4v) is 3.15. The van der Waals surface area contributed by atoms with Crippen molar-refractivity contribution in [1.29, 1.82) is 0 Å². The standard InChI is InChI=1S/C20H18BrN5O5/c1-25-11-16(21)19(24-25)20(27)23-22-10-14-5-8-17(30-2)18(9-14)31-12-13-3-6-15(7-4-13)26(28)29/h3-11H,12H2,1-2H3,(H,23,27)/b22-10+. The van der Waals surface area contributed by atoms with E-state index in [1.165, 1.54) is 30.1 Å². The Kier molecular flexibility index (Phi) is 6.98. The predicted octanol–water partition coefficient (Wildman–Crippen LogP) is 3.44. The minimum atomic E-state index is -0.457. The monoisotopic (exact) mass is 487 g/mol. The molecule has 0 saturated carbocycles. The number of methoxy groups -OCH3 is 1. The molecule has 3 rings (SSSR count). The molecule has 0 aliphatic heterocycles. The van der Waals surface area contributed by atoms with E-state index in [0.717, 1.165) is 5.56 Å². The quantitative estimate of drug-likeness (QED) is 0.295. The van der Waals surface area contributed by atoms with Crippen molar-refractivity contribution in [3.05, 3.63) is 80.1 Å². The Bertz CT molecular complexity index is 1130. The minimum Gasteiger partial charge on any atom is -0.493 e. The lowest BCUT2D eigenvalue weighted by Crippen LogP contribution is -2.19. The molecule has 0 atom stereocenters. The molecule has 1 aromatic heterocycles. The van der Waals surface area contributed by atoms with Gasteiger partial charge in [-0.15, -0.1) is 0 Å². The van der Waals surface area contributed by atoms with Gasteiger partial charge in [0.05, 0.1) is 22.7 Å². The van der Waals surface area contributed by atoms with E-state index >= 15 is 0 Å². The topological polar surface area (TPSA) is 121 Å². The summed E-state index contributed by atoms with van der Waals surface area (Å²) in [6.45, 7) is 0.194. The van der Waals surface area contributed by atoms with Gasteiger partial charge in [0.1, 0.15) is 6.61 Å². The number of hydrogen-bond acceptors (Lipinski definition) is 7. The number of aryl methyl sites for hydroxylation is 1. The second-order valence-electron chi connectivity index (χ2n) is 6.32. The molecular weight excluding hydrogens is 470 g/mol. The maximum atomic E-state index is 12.1. The first-order chi connectivity index (χ1) is 14.9. The van der Waals surface area contributed by atoms with Crippen LogP contribution in [0.1, 0.15) is 21.6 Å². The Hall–Kier alpha value is -3.73. The molecule has 0 aliphatic rings. The third-order valence-corrected chi connectivity index (χ3v) is 4.69. The van der Waals surface area contributed by atoms with Crippen molar-refractivity contribution >= 4 is 33.7 Å². The second kappa shape index (κ2) is 9.85. The maximum absolute atomic E-state index is 12.1. The smallest absolute Gasteiger partial charge is 0.293 e. The van der Waals surface area contributed by atoms with Crippen LogP contribution >= 0.6 is 15.9 Å². The minimum absolute atomic E-state index is 0.0133. The van der Waals surface area contributed by atoms with Crippen molar-refractivity contribution in [3.63, 3.8) is 0 Å². The second-order valence-corrected chi connectivity index (χ2v) is 7.18. The molecule has 1 N–H and O–H groups in total. The summed E-state index contributed by atoms with van der Waals surface area (Å²) in [7, 11) is 3.23. The number of carbonyl (C=O) groups is 1. The van der Waals surface area contributed by atoms with Crippen LogP contribution in [-0.4, -0.2) is 33.9 Å². The number of nitro groups is 1. The molecular formula is C20H18BrN5O5.